The number of rotatable bonds is 5. The van der Waals surface area contributed by atoms with E-state index in [4.69, 9.17) is 4.74 Å². The average molecular weight is 423 g/mol. The second kappa shape index (κ2) is 7.88. The molecule has 0 spiro atoms. The molecule has 2 heterocycles. The fraction of sp³-hybridized carbons (Fsp3) is 0.526. The summed E-state index contributed by atoms with van der Waals surface area (Å²) in [5.41, 5.74) is 0.487. The van der Waals surface area contributed by atoms with Crippen LogP contribution >= 0.6 is 15.9 Å². The van der Waals surface area contributed by atoms with Crippen molar-refractivity contribution in [2.45, 2.75) is 44.9 Å². The second-order valence-electron chi connectivity index (χ2n) is 7.25. The minimum Gasteiger partial charge on any atom is -0.368 e. The largest absolute Gasteiger partial charge is 0.368 e. The number of likely N-dealkylation sites (tertiary alicyclic amines) is 1. The minimum atomic E-state index is -0.659. The van der Waals surface area contributed by atoms with E-state index in [0.29, 0.717) is 24.9 Å². The molecule has 2 saturated heterocycles. The van der Waals surface area contributed by atoms with Gasteiger partial charge in [0.05, 0.1) is 6.10 Å². The molecule has 2 amide bonds. The molecule has 0 radical (unpaired) electrons. The molecule has 6 nitrogen and oxygen atoms in total. The van der Waals surface area contributed by atoms with Crippen molar-refractivity contribution in [3.8, 4) is 0 Å². The number of ketones is 1. The lowest BCUT2D eigenvalue weighted by molar-refractivity contribution is -0.138. The van der Waals surface area contributed by atoms with Crippen LogP contribution < -0.4 is 5.32 Å². The van der Waals surface area contributed by atoms with Gasteiger partial charge < -0.3 is 15.0 Å². The Hall–Kier alpha value is -1.73. The number of carbonyl (C=O) groups is 3. The molecule has 0 saturated carbocycles. The average Bonchev–Trinajstić information content (AvgIpc) is 3.16. The SMILES string of the molecule is CC(C)C[C@H](NC(=O)c1cccc(Br)c1)C(=O)N1CC[C@H]2OCC(=O)[C@H]21. The standard InChI is InChI=1S/C19H23BrN2O4/c1-11(2)8-14(21-18(24)12-4-3-5-13(20)9-12)19(25)22-7-6-16-17(22)15(23)10-26-16/h3-5,9,11,14,16-17H,6-8,10H2,1-2H3,(H,21,24)/t14-,16+,17+/m0/s1. The Balaban J connectivity index is 1.76. The second-order valence-corrected chi connectivity index (χ2v) is 8.16. The van der Waals surface area contributed by atoms with E-state index < -0.39 is 12.1 Å². The van der Waals surface area contributed by atoms with Gasteiger partial charge in [0.25, 0.3) is 5.91 Å². The molecule has 0 unspecified atom stereocenters. The van der Waals surface area contributed by atoms with Crippen LogP contribution in [0.4, 0.5) is 0 Å². The predicted molar refractivity (Wildman–Crippen MR) is 99.7 cm³/mol. The number of nitrogens with one attached hydrogen (secondary N) is 1. The van der Waals surface area contributed by atoms with Gasteiger partial charge in [0.2, 0.25) is 5.91 Å². The summed E-state index contributed by atoms with van der Waals surface area (Å²) in [5, 5.41) is 2.86. The molecule has 2 fully saturated rings. The summed E-state index contributed by atoms with van der Waals surface area (Å²) >= 11 is 3.35. The van der Waals surface area contributed by atoms with Gasteiger partial charge in [0.15, 0.2) is 5.78 Å². The van der Waals surface area contributed by atoms with Gasteiger partial charge in [0.1, 0.15) is 18.7 Å². The van der Waals surface area contributed by atoms with Gasteiger partial charge >= 0.3 is 0 Å². The van der Waals surface area contributed by atoms with E-state index in [-0.39, 0.29) is 36.2 Å². The van der Waals surface area contributed by atoms with Gasteiger partial charge in [-0.15, -0.1) is 0 Å². The first-order chi connectivity index (χ1) is 12.4. The van der Waals surface area contributed by atoms with Gasteiger partial charge in [-0.25, -0.2) is 0 Å². The Morgan fingerprint density at radius 3 is 2.85 bits per heavy atom. The van der Waals surface area contributed by atoms with Crippen molar-refractivity contribution in [2.75, 3.05) is 13.2 Å². The van der Waals surface area contributed by atoms with Crippen LogP contribution in [-0.2, 0) is 14.3 Å². The van der Waals surface area contributed by atoms with Gasteiger partial charge in [-0.1, -0.05) is 35.8 Å². The fourth-order valence-electron chi connectivity index (χ4n) is 3.61. The monoisotopic (exact) mass is 422 g/mol. The van der Waals surface area contributed by atoms with Crippen molar-refractivity contribution >= 4 is 33.5 Å². The zero-order valence-corrected chi connectivity index (χ0v) is 16.5. The zero-order chi connectivity index (χ0) is 18.8. The molecule has 2 aliphatic rings. The van der Waals surface area contributed by atoms with Crippen molar-refractivity contribution in [2.24, 2.45) is 5.92 Å². The third kappa shape index (κ3) is 3.99. The van der Waals surface area contributed by atoms with E-state index in [9.17, 15) is 14.4 Å². The summed E-state index contributed by atoms with van der Waals surface area (Å²) in [6.07, 6.45) is 0.976. The lowest BCUT2D eigenvalue weighted by Crippen LogP contribution is -2.52. The lowest BCUT2D eigenvalue weighted by atomic mass is 10.0. The number of Topliss-reactive ketones (excluding diaryl/α,β-unsaturated/α-hetero) is 1. The van der Waals surface area contributed by atoms with Gasteiger partial charge in [-0.2, -0.15) is 0 Å². The number of hydrogen-bond acceptors (Lipinski definition) is 4. The third-order valence-electron chi connectivity index (χ3n) is 4.79. The summed E-state index contributed by atoms with van der Waals surface area (Å²) in [7, 11) is 0. The highest BCUT2D eigenvalue weighted by atomic mass is 79.9. The van der Waals surface area contributed by atoms with Gasteiger partial charge in [0, 0.05) is 16.6 Å². The Labute approximate surface area is 161 Å². The maximum absolute atomic E-state index is 13.1. The molecule has 1 N–H and O–H groups in total. The van der Waals surface area contributed by atoms with Gasteiger partial charge in [-0.3, -0.25) is 14.4 Å². The van der Waals surface area contributed by atoms with Crippen LogP contribution in [0.3, 0.4) is 0 Å². The molecule has 7 heteroatoms. The van der Waals surface area contributed by atoms with E-state index >= 15 is 0 Å². The maximum atomic E-state index is 13.1. The number of fused-ring (bicyclic) bond motifs is 1. The van der Waals surface area contributed by atoms with Crippen LogP contribution in [0.15, 0.2) is 28.7 Å². The highest BCUT2D eigenvalue weighted by Crippen LogP contribution is 2.28. The molecule has 0 aromatic heterocycles. The molecule has 1 aromatic rings. The Morgan fingerprint density at radius 1 is 1.38 bits per heavy atom. The molecule has 3 atom stereocenters. The number of ether oxygens (including phenoxy) is 1. The maximum Gasteiger partial charge on any atom is 0.251 e. The number of nitrogens with zero attached hydrogens (tertiary/aromatic N) is 1. The number of hydrogen-bond donors (Lipinski definition) is 1. The normalized spacial score (nSPS) is 23.2. The van der Waals surface area contributed by atoms with E-state index in [1.54, 1.807) is 23.1 Å². The minimum absolute atomic E-state index is 0.0533. The molecule has 0 aliphatic carbocycles. The van der Waals surface area contributed by atoms with Crippen LogP contribution in [0.25, 0.3) is 0 Å². The summed E-state index contributed by atoms with van der Waals surface area (Å²) in [6.45, 7) is 4.56. The molecule has 0 bridgehead atoms. The van der Waals surface area contributed by atoms with E-state index in [1.165, 1.54) is 0 Å². The van der Waals surface area contributed by atoms with E-state index in [0.717, 1.165) is 4.47 Å². The van der Waals surface area contributed by atoms with Crippen LogP contribution in [0, 0.1) is 5.92 Å². The Morgan fingerprint density at radius 2 is 2.15 bits per heavy atom. The number of amides is 2. The fourth-order valence-corrected chi connectivity index (χ4v) is 4.01. The molecular formula is C19H23BrN2O4. The van der Waals surface area contributed by atoms with E-state index in [1.807, 2.05) is 19.9 Å². The van der Waals surface area contributed by atoms with Crippen molar-refractivity contribution in [1.82, 2.24) is 10.2 Å². The number of carbonyl (C=O) groups excluding carboxylic acids is 3. The number of halogens is 1. The summed E-state index contributed by atoms with van der Waals surface area (Å²) in [6, 6.07) is 5.87. The highest BCUT2D eigenvalue weighted by molar-refractivity contribution is 9.10. The van der Waals surface area contributed by atoms with Crippen molar-refractivity contribution in [3.63, 3.8) is 0 Å². The predicted octanol–water partition coefficient (Wildman–Crippen LogP) is 2.16. The molecule has 1 aromatic carbocycles. The first-order valence-electron chi connectivity index (χ1n) is 8.88. The quantitative estimate of drug-likeness (QED) is 0.788. The first kappa shape index (κ1) is 19.0. The molecule has 26 heavy (non-hydrogen) atoms. The van der Waals surface area contributed by atoms with E-state index in [2.05, 4.69) is 21.2 Å². The molecule has 140 valence electrons. The topological polar surface area (TPSA) is 75.7 Å². The molecular weight excluding hydrogens is 400 g/mol. The first-order valence-corrected chi connectivity index (χ1v) is 9.67. The van der Waals surface area contributed by atoms with Crippen molar-refractivity contribution < 1.29 is 19.1 Å². The lowest BCUT2D eigenvalue weighted by Gasteiger charge is -2.28. The van der Waals surface area contributed by atoms with Crippen LogP contribution in [0.5, 0.6) is 0 Å². The smallest absolute Gasteiger partial charge is 0.251 e. The van der Waals surface area contributed by atoms with Gasteiger partial charge in [-0.05, 0) is 37.0 Å². The zero-order valence-electron chi connectivity index (χ0n) is 14.9. The molecule has 2 aliphatic heterocycles. The Kier molecular flexibility index (Phi) is 5.77. The van der Waals surface area contributed by atoms with Crippen molar-refractivity contribution in [3.05, 3.63) is 34.3 Å². The van der Waals surface area contributed by atoms with Crippen LogP contribution in [-0.4, -0.2) is 53.8 Å². The van der Waals surface area contributed by atoms with Crippen LogP contribution in [0.2, 0.25) is 0 Å². The Bertz CT molecular complexity index is 721. The summed E-state index contributed by atoms with van der Waals surface area (Å²) < 4.78 is 6.26. The summed E-state index contributed by atoms with van der Waals surface area (Å²) in [4.78, 5) is 39.4. The number of benzene rings is 1. The third-order valence-corrected chi connectivity index (χ3v) is 5.29. The van der Waals surface area contributed by atoms with Crippen molar-refractivity contribution in [1.29, 1.82) is 0 Å². The highest BCUT2D eigenvalue weighted by Gasteiger charge is 2.48. The summed E-state index contributed by atoms with van der Waals surface area (Å²) in [5.74, 6) is -0.327. The molecule has 3 rings (SSSR count). The van der Waals surface area contributed by atoms with Crippen LogP contribution in [0.1, 0.15) is 37.0 Å².